The maximum Gasteiger partial charge on any atom is 0.337 e. The molecule has 1 N–H and O–H groups in total. The molecule has 2 heterocycles. The lowest BCUT2D eigenvalue weighted by Gasteiger charge is -1.99. The number of carboxylic acids is 1. The Morgan fingerprint density at radius 2 is 2.29 bits per heavy atom. The Kier molecular flexibility index (Phi) is 3.13. The first kappa shape index (κ1) is 11.0. The number of nitrogens with zero attached hydrogens (tertiary/aromatic N) is 2. The molecule has 2 aromatic heterocycles. The fraction of sp³-hybridized carbons (Fsp3) is 0. The van der Waals surface area contributed by atoms with Crippen molar-refractivity contribution in [1.29, 1.82) is 0 Å². The highest BCUT2D eigenvalue weighted by Crippen LogP contribution is 2.18. The summed E-state index contributed by atoms with van der Waals surface area (Å²) in [6, 6.07) is 1.53. The second-order valence-corrected chi connectivity index (χ2v) is 3.39. The van der Waals surface area contributed by atoms with Crippen LogP contribution in [-0.4, -0.2) is 20.5 Å². The zero-order valence-electron chi connectivity index (χ0n) is 6.85. The van der Waals surface area contributed by atoms with Crippen LogP contribution in [0.15, 0.2) is 29.1 Å². The van der Waals surface area contributed by atoms with E-state index in [1.165, 1.54) is 12.3 Å². The zero-order valence-corrected chi connectivity index (χ0v) is 9.25. The van der Waals surface area contributed by atoms with E-state index in [9.17, 15) is 4.79 Å². The molecule has 0 aromatic carbocycles. The third-order valence-electron chi connectivity index (χ3n) is 1.69. The number of hydrogen-bond donors (Lipinski definition) is 1. The summed E-state index contributed by atoms with van der Waals surface area (Å²) >= 11 is 3.25. The molecule has 0 spiro atoms. The molecule has 0 saturated heterocycles. The summed E-state index contributed by atoms with van der Waals surface area (Å²) in [5, 5.41) is 8.75. The number of halogens is 2. The van der Waals surface area contributed by atoms with Gasteiger partial charge in [0.05, 0.1) is 10.0 Å². The Bertz CT molecular complexity index is 483. The van der Waals surface area contributed by atoms with Crippen molar-refractivity contribution in [3.8, 4) is 0 Å². The molecule has 0 bridgehead atoms. The first-order valence-corrected chi connectivity index (χ1v) is 4.33. The molecule has 6 heteroatoms. The van der Waals surface area contributed by atoms with Gasteiger partial charge in [-0.3, -0.25) is 0 Å². The van der Waals surface area contributed by atoms with Gasteiger partial charge in [0.25, 0.3) is 0 Å². The Morgan fingerprint density at radius 1 is 1.57 bits per heavy atom. The largest absolute Gasteiger partial charge is 0.478 e. The van der Waals surface area contributed by atoms with Crippen LogP contribution in [-0.2, 0) is 0 Å². The Balaban J connectivity index is 0.000000980. The summed E-state index contributed by atoms with van der Waals surface area (Å²) in [7, 11) is 0. The van der Waals surface area contributed by atoms with Crippen molar-refractivity contribution in [3.05, 3.63) is 34.7 Å². The molecule has 0 aliphatic carbocycles. The molecule has 0 atom stereocenters. The van der Waals surface area contributed by atoms with Crippen molar-refractivity contribution in [2.24, 2.45) is 0 Å². The lowest BCUT2D eigenvalue weighted by atomic mass is 10.3. The van der Waals surface area contributed by atoms with Crippen LogP contribution in [0.3, 0.4) is 0 Å². The Hall–Kier alpha value is -1.07. The van der Waals surface area contributed by atoms with Gasteiger partial charge < -0.3 is 9.51 Å². The maximum atomic E-state index is 10.7. The summed E-state index contributed by atoms with van der Waals surface area (Å²) in [5.74, 6) is -0.948. The fourth-order valence-electron chi connectivity index (χ4n) is 1.11. The summed E-state index contributed by atoms with van der Waals surface area (Å²) in [5.41, 5.74) is 0.947. The van der Waals surface area contributed by atoms with Gasteiger partial charge in [0, 0.05) is 18.6 Å². The van der Waals surface area contributed by atoms with E-state index >= 15 is 0 Å². The van der Waals surface area contributed by atoms with Crippen LogP contribution >= 0.6 is 28.3 Å². The van der Waals surface area contributed by atoms with Crippen LogP contribution in [0.5, 0.6) is 0 Å². The maximum absolute atomic E-state index is 10.7. The monoisotopic (exact) mass is 276 g/mol. The van der Waals surface area contributed by atoms with Crippen LogP contribution in [0.4, 0.5) is 0 Å². The molecule has 74 valence electrons. The standard InChI is InChI=1S/C8H5BrN2O2.ClH/c9-6-3-5(8(12)13)4-11-2-1-10-7(6)11;/h1-4H,(H,12,13);1H. The van der Waals surface area contributed by atoms with Crippen molar-refractivity contribution in [2.45, 2.75) is 0 Å². The zero-order chi connectivity index (χ0) is 9.42. The number of pyridine rings is 1. The normalized spacial score (nSPS) is 9.79. The summed E-state index contributed by atoms with van der Waals surface area (Å²) in [4.78, 5) is 14.7. The predicted octanol–water partition coefficient (Wildman–Crippen LogP) is 2.22. The third-order valence-corrected chi connectivity index (χ3v) is 2.27. The second kappa shape index (κ2) is 3.98. The van der Waals surface area contributed by atoms with E-state index < -0.39 is 5.97 Å². The molecule has 2 aromatic rings. The summed E-state index contributed by atoms with van der Waals surface area (Å²) < 4.78 is 2.34. The fourth-order valence-corrected chi connectivity index (χ4v) is 1.66. The second-order valence-electron chi connectivity index (χ2n) is 2.54. The van der Waals surface area contributed by atoms with E-state index in [4.69, 9.17) is 5.11 Å². The highest BCUT2D eigenvalue weighted by molar-refractivity contribution is 9.10. The van der Waals surface area contributed by atoms with Crippen molar-refractivity contribution >= 4 is 40.0 Å². The minimum Gasteiger partial charge on any atom is -0.478 e. The van der Waals surface area contributed by atoms with Gasteiger partial charge in [-0.25, -0.2) is 9.78 Å². The number of carbonyl (C=O) groups is 1. The number of fused-ring (bicyclic) bond motifs is 1. The van der Waals surface area contributed by atoms with Crippen molar-refractivity contribution in [2.75, 3.05) is 0 Å². The number of hydrogen-bond acceptors (Lipinski definition) is 2. The molecule has 4 nitrogen and oxygen atoms in total. The first-order chi connectivity index (χ1) is 6.18. The average molecular weight is 278 g/mol. The van der Waals surface area contributed by atoms with Gasteiger partial charge in [-0.1, -0.05) is 0 Å². The molecule has 0 aliphatic rings. The van der Waals surface area contributed by atoms with Crippen molar-refractivity contribution in [1.82, 2.24) is 9.38 Å². The molecule has 0 fully saturated rings. The molecule has 0 unspecified atom stereocenters. The highest BCUT2D eigenvalue weighted by Gasteiger charge is 2.07. The van der Waals surface area contributed by atoms with Crippen LogP contribution < -0.4 is 0 Å². The number of carboxylic acid groups (broad SMARTS) is 1. The Morgan fingerprint density at radius 3 is 2.93 bits per heavy atom. The van der Waals surface area contributed by atoms with Crippen molar-refractivity contribution in [3.63, 3.8) is 0 Å². The number of imidazole rings is 1. The minimum absolute atomic E-state index is 0. The molecular weight excluding hydrogens is 271 g/mol. The quantitative estimate of drug-likeness (QED) is 0.869. The number of aromatic nitrogens is 2. The third kappa shape index (κ3) is 1.73. The molecule has 2 rings (SSSR count). The minimum atomic E-state index is -0.948. The van der Waals surface area contributed by atoms with E-state index in [1.807, 2.05) is 0 Å². The summed E-state index contributed by atoms with van der Waals surface area (Å²) in [6.45, 7) is 0. The highest BCUT2D eigenvalue weighted by atomic mass is 79.9. The van der Waals surface area contributed by atoms with Gasteiger partial charge in [-0.15, -0.1) is 12.4 Å². The van der Waals surface area contributed by atoms with Gasteiger partial charge in [0.1, 0.15) is 0 Å². The molecule has 0 aliphatic heterocycles. The van der Waals surface area contributed by atoms with E-state index in [2.05, 4.69) is 20.9 Å². The van der Waals surface area contributed by atoms with Gasteiger partial charge in [0.2, 0.25) is 0 Å². The van der Waals surface area contributed by atoms with Gasteiger partial charge in [0.15, 0.2) is 5.65 Å². The SMILES string of the molecule is Cl.O=C(O)c1cc(Br)c2nccn2c1. The van der Waals surface area contributed by atoms with Gasteiger partial charge in [-0.05, 0) is 22.0 Å². The molecule has 0 amide bonds. The molecule has 14 heavy (non-hydrogen) atoms. The van der Waals surface area contributed by atoms with Crippen LogP contribution in [0.1, 0.15) is 10.4 Å². The van der Waals surface area contributed by atoms with E-state index in [0.29, 0.717) is 10.1 Å². The van der Waals surface area contributed by atoms with Crippen molar-refractivity contribution < 1.29 is 9.90 Å². The number of aromatic carboxylic acids is 1. The summed E-state index contributed by atoms with van der Waals surface area (Å²) in [6.07, 6.45) is 4.84. The van der Waals surface area contributed by atoms with Gasteiger partial charge >= 0.3 is 5.97 Å². The number of rotatable bonds is 1. The average Bonchev–Trinajstić information content (AvgIpc) is 2.51. The molecule has 0 saturated carbocycles. The lowest BCUT2D eigenvalue weighted by molar-refractivity contribution is 0.0696. The van der Waals surface area contributed by atoms with Gasteiger partial charge in [-0.2, -0.15) is 0 Å². The van der Waals surface area contributed by atoms with Crippen LogP contribution in [0, 0.1) is 0 Å². The van der Waals surface area contributed by atoms with E-state index in [-0.39, 0.29) is 18.0 Å². The smallest absolute Gasteiger partial charge is 0.337 e. The lowest BCUT2D eigenvalue weighted by Crippen LogP contribution is -1.99. The predicted molar refractivity (Wildman–Crippen MR) is 57.1 cm³/mol. The Labute approximate surface area is 94.1 Å². The topological polar surface area (TPSA) is 54.6 Å². The van der Waals surface area contributed by atoms with E-state index in [1.54, 1.807) is 16.8 Å². The van der Waals surface area contributed by atoms with Crippen LogP contribution in [0.25, 0.3) is 5.65 Å². The molecule has 0 radical (unpaired) electrons. The van der Waals surface area contributed by atoms with E-state index in [0.717, 1.165) is 0 Å². The first-order valence-electron chi connectivity index (χ1n) is 3.54. The van der Waals surface area contributed by atoms with Crippen LogP contribution in [0.2, 0.25) is 0 Å². The molecular formula is C8H6BrClN2O2.